The predicted octanol–water partition coefficient (Wildman–Crippen LogP) is 2.60. The Kier molecular flexibility index (Phi) is 5.98. The van der Waals surface area contributed by atoms with Crippen LogP contribution in [0.3, 0.4) is 0 Å². The number of hydrogen-bond acceptors (Lipinski definition) is 4. The van der Waals surface area contributed by atoms with Gasteiger partial charge in [0.05, 0.1) is 11.5 Å². The van der Waals surface area contributed by atoms with Crippen LogP contribution in [0.4, 0.5) is 0 Å². The molecule has 0 unspecified atom stereocenters. The van der Waals surface area contributed by atoms with Crippen molar-refractivity contribution in [2.45, 2.75) is 18.2 Å². The third-order valence-electron chi connectivity index (χ3n) is 3.41. The number of nitrogens with one attached hydrogen (secondary N) is 1. The summed E-state index contributed by atoms with van der Waals surface area (Å²) in [5.74, 6) is 0.586. The molecule has 0 bridgehead atoms. The topological polar surface area (TPSA) is 72.5 Å². The van der Waals surface area contributed by atoms with Crippen LogP contribution in [0.5, 0.6) is 5.75 Å². The highest BCUT2D eigenvalue weighted by molar-refractivity contribution is 7.90. The van der Waals surface area contributed by atoms with E-state index in [-0.39, 0.29) is 10.8 Å². The SMILES string of the molecule is Cc1cccc(OCCCNC(=O)c2ccc(S(C)(=O)=O)cc2)c1. The molecule has 2 aromatic rings. The number of benzene rings is 2. The standard InChI is InChI=1S/C18H21NO4S/c1-14-5-3-6-16(13-14)23-12-4-11-19-18(20)15-7-9-17(10-8-15)24(2,21)22/h3,5-10,13H,4,11-12H2,1-2H3,(H,19,20). The van der Waals surface area contributed by atoms with E-state index in [0.717, 1.165) is 17.6 Å². The van der Waals surface area contributed by atoms with Crippen LogP contribution in [0.2, 0.25) is 0 Å². The average molecular weight is 347 g/mol. The van der Waals surface area contributed by atoms with E-state index >= 15 is 0 Å². The Labute approximate surface area is 142 Å². The summed E-state index contributed by atoms with van der Waals surface area (Å²) < 4.78 is 28.4. The summed E-state index contributed by atoms with van der Waals surface area (Å²) in [5.41, 5.74) is 1.57. The number of rotatable bonds is 7. The maximum Gasteiger partial charge on any atom is 0.251 e. The van der Waals surface area contributed by atoms with E-state index in [4.69, 9.17) is 4.74 Å². The molecule has 0 atom stereocenters. The molecule has 5 nitrogen and oxygen atoms in total. The minimum atomic E-state index is -3.25. The van der Waals surface area contributed by atoms with Crippen molar-refractivity contribution in [2.24, 2.45) is 0 Å². The molecule has 0 saturated heterocycles. The van der Waals surface area contributed by atoms with Gasteiger partial charge in [-0.2, -0.15) is 0 Å². The largest absolute Gasteiger partial charge is 0.494 e. The zero-order valence-electron chi connectivity index (χ0n) is 13.8. The van der Waals surface area contributed by atoms with Crippen molar-refractivity contribution < 1.29 is 17.9 Å². The van der Waals surface area contributed by atoms with Crippen molar-refractivity contribution in [2.75, 3.05) is 19.4 Å². The molecule has 0 radical (unpaired) electrons. The van der Waals surface area contributed by atoms with Crippen molar-refractivity contribution in [1.82, 2.24) is 5.32 Å². The van der Waals surface area contributed by atoms with Gasteiger partial charge in [0, 0.05) is 18.4 Å². The molecular weight excluding hydrogens is 326 g/mol. The van der Waals surface area contributed by atoms with Crippen molar-refractivity contribution in [3.05, 3.63) is 59.7 Å². The quantitative estimate of drug-likeness (QED) is 0.782. The van der Waals surface area contributed by atoms with Gasteiger partial charge in [-0.25, -0.2) is 8.42 Å². The first kappa shape index (κ1) is 18.0. The lowest BCUT2D eigenvalue weighted by molar-refractivity contribution is 0.0951. The zero-order chi connectivity index (χ0) is 17.6. The van der Waals surface area contributed by atoms with Gasteiger partial charge in [0.2, 0.25) is 0 Å². The van der Waals surface area contributed by atoms with Crippen molar-refractivity contribution in [1.29, 1.82) is 0 Å². The van der Waals surface area contributed by atoms with Gasteiger partial charge >= 0.3 is 0 Å². The Bertz CT molecular complexity index is 798. The fourth-order valence-electron chi connectivity index (χ4n) is 2.12. The Hall–Kier alpha value is -2.34. The second-order valence-corrected chi connectivity index (χ2v) is 7.59. The van der Waals surface area contributed by atoms with Crippen molar-refractivity contribution in [3.63, 3.8) is 0 Å². The van der Waals surface area contributed by atoms with Crippen LogP contribution >= 0.6 is 0 Å². The highest BCUT2D eigenvalue weighted by atomic mass is 32.2. The molecule has 6 heteroatoms. The van der Waals surface area contributed by atoms with E-state index in [1.54, 1.807) is 0 Å². The lowest BCUT2D eigenvalue weighted by atomic mass is 10.2. The average Bonchev–Trinajstić information content (AvgIpc) is 2.54. The molecule has 0 spiro atoms. The van der Waals surface area contributed by atoms with Crippen LogP contribution in [0, 0.1) is 6.92 Å². The molecule has 0 heterocycles. The monoisotopic (exact) mass is 347 g/mol. The lowest BCUT2D eigenvalue weighted by Crippen LogP contribution is -2.25. The van der Waals surface area contributed by atoms with Gasteiger partial charge in [0.15, 0.2) is 9.84 Å². The van der Waals surface area contributed by atoms with E-state index in [1.165, 1.54) is 24.3 Å². The Morgan fingerprint density at radius 2 is 1.83 bits per heavy atom. The smallest absolute Gasteiger partial charge is 0.251 e. The molecule has 128 valence electrons. The fourth-order valence-corrected chi connectivity index (χ4v) is 2.76. The molecule has 2 aromatic carbocycles. The Morgan fingerprint density at radius 3 is 2.46 bits per heavy atom. The number of amides is 1. The normalized spacial score (nSPS) is 11.1. The molecule has 1 N–H and O–H groups in total. The second-order valence-electron chi connectivity index (χ2n) is 5.57. The molecule has 0 saturated carbocycles. The summed E-state index contributed by atoms with van der Waals surface area (Å²) in [5, 5.41) is 2.79. The van der Waals surface area contributed by atoms with E-state index in [0.29, 0.717) is 25.1 Å². The van der Waals surface area contributed by atoms with Crippen LogP contribution in [-0.4, -0.2) is 33.7 Å². The molecule has 0 aliphatic carbocycles. The van der Waals surface area contributed by atoms with Gasteiger partial charge in [0.1, 0.15) is 5.75 Å². The number of ether oxygens (including phenoxy) is 1. The second kappa shape index (κ2) is 7.97. The maximum atomic E-state index is 12.0. The van der Waals surface area contributed by atoms with Crippen LogP contribution in [-0.2, 0) is 9.84 Å². The summed E-state index contributed by atoms with van der Waals surface area (Å²) >= 11 is 0. The Morgan fingerprint density at radius 1 is 1.12 bits per heavy atom. The highest BCUT2D eigenvalue weighted by Gasteiger charge is 2.09. The molecule has 0 fully saturated rings. The van der Waals surface area contributed by atoms with E-state index < -0.39 is 9.84 Å². The van der Waals surface area contributed by atoms with Gasteiger partial charge in [-0.15, -0.1) is 0 Å². The highest BCUT2D eigenvalue weighted by Crippen LogP contribution is 2.12. The van der Waals surface area contributed by atoms with Crippen LogP contribution < -0.4 is 10.1 Å². The van der Waals surface area contributed by atoms with Crippen LogP contribution in [0.1, 0.15) is 22.3 Å². The van der Waals surface area contributed by atoms with E-state index in [1.807, 2.05) is 31.2 Å². The Balaban J connectivity index is 1.75. The fraction of sp³-hybridized carbons (Fsp3) is 0.278. The number of carbonyl (C=O) groups is 1. The lowest BCUT2D eigenvalue weighted by Gasteiger charge is -2.08. The first-order chi connectivity index (χ1) is 11.4. The predicted molar refractivity (Wildman–Crippen MR) is 93.2 cm³/mol. The van der Waals surface area contributed by atoms with E-state index in [2.05, 4.69) is 5.32 Å². The van der Waals surface area contributed by atoms with Crippen LogP contribution in [0.15, 0.2) is 53.4 Å². The zero-order valence-corrected chi connectivity index (χ0v) is 14.6. The third-order valence-corrected chi connectivity index (χ3v) is 4.54. The first-order valence-corrected chi connectivity index (χ1v) is 9.53. The molecule has 0 aliphatic heterocycles. The first-order valence-electron chi connectivity index (χ1n) is 7.64. The summed E-state index contributed by atoms with van der Waals surface area (Å²) in [6.45, 7) is 3.00. The van der Waals surface area contributed by atoms with Gasteiger partial charge in [-0.1, -0.05) is 12.1 Å². The number of sulfone groups is 1. The van der Waals surface area contributed by atoms with Crippen molar-refractivity contribution in [3.8, 4) is 5.75 Å². The van der Waals surface area contributed by atoms with E-state index in [9.17, 15) is 13.2 Å². The minimum absolute atomic E-state index is 0.200. The van der Waals surface area contributed by atoms with Gasteiger partial charge in [-0.3, -0.25) is 4.79 Å². The van der Waals surface area contributed by atoms with Crippen LogP contribution in [0.25, 0.3) is 0 Å². The summed E-state index contributed by atoms with van der Waals surface area (Å²) in [7, 11) is -3.25. The van der Waals surface area contributed by atoms with Gasteiger partial charge in [-0.05, 0) is 55.3 Å². The summed E-state index contributed by atoms with van der Waals surface area (Å²) in [6.07, 6.45) is 1.82. The number of aryl methyl sites for hydroxylation is 1. The minimum Gasteiger partial charge on any atom is -0.494 e. The molecule has 24 heavy (non-hydrogen) atoms. The van der Waals surface area contributed by atoms with Crippen molar-refractivity contribution >= 4 is 15.7 Å². The van der Waals surface area contributed by atoms with Gasteiger partial charge in [0.25, 0.3) is 5.91 Å². The summed E-state index contributed by atoms with van der Waals surface area (Å²) in [6, 6.07) is 13.7. The number of hydrogen-bond donors (Lipinski definition) is 1. The maximum absolute atomic E-state index is 12.0. The molecular formula is C18H21NO4S. The molecule has 1 amide bonds. The summed E-state index contributed by atoms with van der Waals surface area (Å²) in [4.78, 5) is 12.2. The molecule has 2 rings (SSSR count). The molecule has 0 aliphatic rings. The number of carbonyl (C=O) groups excluding carboxylic acids is 1. The third kappa shape index (κ3) is 5.38. The van der Waals surface area contributed by atoms with Gasteiger partial charge < -0.3 is 10.1 Å². The molecule has 0 aromatic heterocycles.